The molecule has 2 heterocycles. The lowest BCUT2D eigenvalue weighted by Crippen LogP contribution is -2.32. The van der Waals surface area contributed by atoms with E-state index in [1.807, 2.05) is 17.0 Å². The summed E-state index contributed by atoms with van der Waals surface area (Å²) in [6.07, 6.45) is 7.15. The predicted octanol–water partition coefficient (Wildman–Crippen LogP) is 2.42. The van der Waals surface area contributed by atoms with Crippen molar-refractivity contribution in [3.8, 4) is 0 Å². The summed E-state index contributed by atoms with van der Waals surface area (Å²) in [4.78, 5) is 32.8. The first-order valence-corrected chi connectivity index (χ1v) is 7.04. The Morgan fingerprint density at radius 2 is 2.24 bits per heavy atom. The zero-order valence-electron chi connectivity index (χ0n) is 11.9. The molecule has 2 aromatic rings. The second-order valence-electron chi connectivity index (χ2n) is 5.38. The minimum Gasteiger partial charge on any atom is -0.356 e. The Morgan fingerprint density at radius 3 is 2.81 bits per heavy atom. The molecule has 1 amide bonds. The van der Waals surface area contributed by atoms with Gasteiger partial charge < -0.3 is 9.88 Å². The molecule has 5 nitrogen and oxygen atoms in total. The van der Waals surface area contributed by atoms with Crippen LogP contribution in [0, 0.1) is 0 Å². The highest BCUT2D eigenvalue weighted by atomic mass is 16.2. The molecule has 0 atom stereocenters. The van der Waals surface area contributed by atoms with Gasteiger partial charge in [-0.2, -0.15) is 0 Å². The number of hydrogen-bond donors (Lipinski definition) is 1. The van der Waals surface area contributed by atoms with E-state index in [1.165, 1.54) is 6.92 Å². The van der Waals surface area contributed by atoms with Crippen LogP contribution < -0.4 is 0 Å². The van der Waals surface area contributed by atoms with Crippen molar-refractivity contribution in [3.63, 3.8) is 0 Å². The number of nitrogens with one attached hydrogen (secondary N) is 1. The number of carbonyl (C=O) groups is 2. The van der Waals surface area contributed by atoms with Crippen molar-refractivity contribution in [3.05, 3.63) is 53.6 Å². The van der Waals surface area contributed by atoms with Crippen molar-refractivity contribution in [1.29, 1.82) is 0 Å². The van der Waals surface area contributed by atoms with E-state index < -0.39 is 0 Å². The number of hydrogen-bond acceptors (Lipinski definition) is 3. The van der Waals surface area contributed by atoms with Gasteiger partial charge in [-0.25, -0.2) is 0 Å². The molecule has 0 bridgehead atoms. The maximum atomic E-state index is 12.6. The summed E-state index contributed by atoms with van der Waals surface area (Å²) in [6.45, 7) is 2.04. The fourth-order valence-electron chi connectivity index (χ4n) is 2.32. The van der Waals surface area contributed by atoms with E-state index in [9.17, 15) is 9.59 Å². The molecule has 5 heteroatoms. The van der Waals surface area contributed by atoms with Crippen molar-refractivity contribution < 1.29 is 9.59 Å². The van der Waals surface area contributed by atoms with Crippen LogP contribution in [0.2, 0.25) is 0 Å². The number of nitrogens with zero attached hydrogens (tertiary/aromatic N) is 2. The smallest absolute Gasteiger partial charge is 0.270 e. The van der Waals surface area contributed by atoms with Crippen molar-refractivity contribution in [2.24, 2.45) is 0 Å². The summed E-state index contributed by atoms with van der Waals surface area (Å²) >= 11 is 0. The van der Waals surface area contributed by atoms with Crippen molar-refractivity contribution in [2.75, 3.05) is 0 Å². The van der Waals surface area contributed by atoms with Crippen LogP contribution in [-0.2, 0) is 6.54 Å². The first-order chi connectivity index (χ1) is 10.1. The van der Waals surface area contributed by atoms with Crippen LogP contribution in [0.5, 0.6) is 0 Å². The second-order valence-corrected chi connectivity index (χ2v) is 5.38. The molecule has 0 saturated heterocycles. The number of rotatable bonds is 5. The Kier molecular flexibility index (Phi) is 3.56. The Hall–Kier alpha value is -2.43. The molecular formula is C16H17N3O2. The average molecular weight is 283 g/mol. The first-order valence-electron chi connectivity index (χ1n) is 7.04. The standard InChI is InChI=1S/C16H17N3O2/c1-11(20)13-7-15(18-9-13)16(21)19(14-4-5-14)10-12-3-2-6-17-8-12/h2-3,6-9,14,18H,4-5,10H2,1H3. The third-order valence-corrected chi connectivity index (χ3v) is 3.64. The monoisotopic (exact) mass is 283 g/mol. The van der Waals surface area contributed by atoms with Gasteiger partial charge in [0.05, 0.1) is 0 Å². The lowest BCUT2D eigenvalue weighted by atomic mass is 10.2. The lowest BCUT2D eigenvalue weighted by Gasteiger charge is -2.21. The van der Waals surface area contributed by atoms with E-state index in [2.05, 4.69) is 9.97 Å². The lowest BCUT2D eigenvalue weighted by molar-refractivity contribution is 0.0724. The minimum absolute atomic E-state index is 0.0458. The number of aromatic nitrogens is 2. The number of Topliss-reactive ketones (excluding diaryl/α,β-unsaturated/α-hetero) is 1. The number of aromatic amines is 1. The van der Waals surface area contributed by atoms with Gasteiger partial charge in [0.1, 0.15) is 5.69 Å². The SMILES string of the molecule is CC(=O)c1c[nH]c(C(=O)N(Cc2cccnc2)C2CC2)c1. The van der Waals surface area contributed by atoms with E-state index in [1.54, 1.807) is 24.7 Å². The molecule has 0 aromatic carbocycles. The van der Waals surface area contributed by atoms with Gasteiger partial charge in [0.25, 0.3) is 5.91 Å². The summed E-state index contributed by atoms with van der Waals surface area (Å²) < 4.78 is 0. The number of H-pyrrole nitrogens is 1. The third-order valence-electron chi connectivity index (χ3n) is 3.64. The van der Waals surface area contributed by atoms with E-state index in [-0.39, 0.29) is 11.7 Å². The van der Waals surface area contributed by atoms with Gasteiger partial charge in [-0.05, 0) is 37.5 Å². The van der Waals surface area contributed by atoms with E-state index in [0.29, 0.717) is 23.8 Å². The Bertz CT molecular complexity index is 659. The molecule has 21 heavy (non-hydrogen) atoms. The molecule has 1 N–H and O–H groups in total. The number of ketones is 1. The Labute approximate surface area is 123 Å². The number of carbonyl (C=O) groups excluding carboxylic acids is 2. The molecule has 0 unspecified atom stereocenters. The largest absolute Gasteiger partial charge is 0.356 e. The van der Waals surface area contributed by atoms with Gasteiger partial charge in [-0.15, -0.1) is 0 Å². The third kappa shape index (κ3) is 3.02. The van der Waals surface area contributed by atoms with Crippen LogP contribution in [0.1, 0.15) is 46.2 Å². The van der Waals surface area contributed by atoms with Crippen LogP contribution in [0.25, 0.3) is 0 Å². The van der Waals surface area contributed by atoms with Crippen LogP contribution >= 0.6 is 0 Å². The quantitative estimate of drug-likeness (QED) is 0.857. The highest BCUT2D eigenvalue weighted by Gasteiger charge is 2.33. The molecule has 1 aliphatic carbocycles. The summed E-state index contributed by atoms with van der Waals surface area (Å²) in [5.74, 6) is -0.107. The van der Waals surface area contributed by atoms with Crippen LogP contribution in [-0.4, -0.2) is 32.6 Å². The highest BCUT2D eigenvalue weighted by Crippen LogP contribution is 2.29. The van der Waals surface area contributed by atoms with Crippen LogP contribution in [0.15, 0.2) is 36.8 Å². The molecule has 0 spiro atoms. The van der Waals surface area contributed by atoms with E-state index >= 15 is 0 Å². The van der Waals surface area contributed by atoms with Gasteiger partial charge in [-0.3, -0.25) is 14.6 Å². The summed E-state index contributed by atoms with van der Waals surface area (Å²) in [6, 6.07) is 5.75. The van der Waals surface area contributed by atoms with E-state index in [0.717, 1.165) is 18.4 Å². The maximum absolute atomic E-state index is 12.6. The van der Waals surface area contributed by atoms with Gasteiger partial charge in [0, 0.05) is 36.7 Å². The van der Waals surface area contributed by atoms with Gasteiger partial charge >= 0.3 is 0 Å². The van der Waals surface area contributed by atoms with Crippen LogP contribution in [0.4, 0.5) is 0 Å². The molecule has 0 radical (unpaired) electrons. The topological polar surface area (TPSA) is 66.1 Å². The molecule has 3 rings (SSSR count). The molecule has 108 valence electrons. The second kappa shape index (κ2) is 5.52. The average Bonchev–Trinajstić information content (AvgIpc) is 3.20. The first kappa shape index (κ1) is 13.5. The molecule has 1 fully saturated rings. The van der Waals surface area contributed by atoms with Gasteiger partial charge in [0.15, 0.2) is 5.78 Å². The predicted molar refractivity (Wildman–Crippen MR) is 77.9 cm³/mol. The minimum atomic E-state index is -0.0612. The van der Waals surface area contributed by atoms with Crippen molar-refractivity contribution in [2.45, 2.75) is 32.4 Å². The molecule has 1 saturated carbocycles. The fourth-order valence-corrected chi connectivity index (χ4v) is 2.32. The highest BCUT2D eigenvalue weighted by molar-refractivity contribution is 5.99. The molecular weight excluding hydrogens is 266 g/mol. The molecule has 0 aliphatic heterocycles. The van der Waals surface area contributed by atoms with Crippen molar-refractivity contribution in [1.82, 2.24) is 14.9 Å². The zero-order chi connectivity index (χ0) is 14.8. The maximum Gasteiger partial charge on any atom is 0.270 e. The van der Waals surface area contributed by atoms with E-state index in [4.69, 9.17) is 0 Å². The number of pyridine rings is 1. The molecule has 1 aliphatic rings. The van der Waals surface area contributed by atoms with Gasteiger partial charge in [0.2, 0.25) is 0 Å². The zero-order valence-corrected chi connectivity index (χ0v) is 11.9. The van der Waals surface area contributed by atoms with Crippen LogP contribution in [0.3, 0.4) is 0 Å². The molecule has 2 aromatic heterocycles. The summed E-state index contributed by atoms with van der Waals surface area (Å²) in [5.41, 5.74) is 2.02. The van der Waals surface area contributed by atoms with Gasteiger partial charge in [-0.1, -0.05) is 6.07 Å². The Balaban J connectivity index is 1.80. The Morgan fingerprint density at radius 1 is 1.43 bits per heavy atom. The number of amides is 1. The fraction of sp³-hybridized carbons (Fsp3) is 0.312. The van der Waals surface area contributed by atoms with Crippen molar-refractivity contribution >= 4 is 11.7 Å². The summed E-state index contributed by atoms with van der Waals surface area (Å²) in [7, 11) is 0. The normalized spacial score (nSPS) is 14.0. The summed E-state index contributed by atoms with van der Waals surface area (Å²) in [5, 5.41) is 0.